The Morgan fingerprint density at radius 1 is 1.09 bits per heavy atom. The number of nitrogens with zero attached hydrogens (tertiary/aromatic N) is 3. The van der Waals surface area contributed by atoms with Gasteiger partial charge in [-0.25, -0.2) is 4.68 Å². The average molecular weight is 289 g/mol. The smallest absolute Gasteiger partial charge is 0.163 e. The summed E-state index contributed by atoms with van der Waals surface area (Å²) in [5.41, 5.74) is 4.17. The van der Waals surface area contributed by atoms with Crippen molar-refractivity contribution in [1.29, 1.82) is 5.26 Å². The minimum atomic E-state index is 0.377. The molecule has 1 aromatic heterocycles. The third kappa shape index (κ3) is 2.45. The normalized spacial score (nSPS) is 10.2. The molecule has 4 heteroatoms. The number of rotatable bonds is 3. The van der Waals surface area contributed by atoms with Crippen molar-refractivity contribution in [2.45, 2.75) is 6.92 Å². The van der Waals surface area contributed by atoms with Gasteiger partial charge in [0.25, 0.3) is 0 Å². The predicted octanol–water partition coefficient (Wildman–Crippen LogP) is 3.73. The molecule has 3 aromatic rings. The number of aromatic nitrogens is 2. The molecule has 0 bridgehead atoms. The molecule has 3 rings (SSSR count). The van der Waals surface area contributed by atoms with Gasteiger partial charge in [0.2, 0.25) is 0 Å². The van der Waals surface area contributed by atoms with Crippen LogP contribution < -0.4 is 4.74 Å². The first-order chi connectivity index (χ1) is 10.7. The highest BCUT2D eigenvalue weighted by Gasteiger charge is 2.15. The fraction of sp³-hybridized carbons (Fsp3) is 0.111. The van der Waals surface area contributed by atoms with E-state index < -0.39 is 0 Å². The molecular formula is C18H15N3O. The first-order valence-electron chi connectivity index (χ1n) is 6.93. The van der Waals surface area contributed by atoms with Gasteiger partial charge in [-0.3, -0.25) is 0 Å². The van der Waals surface area contributed by atoms with Gasteiger partial charge in [0.1, 0.15) is 11.8 Å². The van der Waals surface area contributed by atoms with Crippen LogP contribution in [-0.4, -0.2) is 16.9 Å². The molecule has 22 heavy (non-hydrogen) atoms. The number of hydrogen-bond acceptors (Lipinski definition) is 3. The molecule has 2 aromatic carbocycles. The van der Waals surface area contributed by atoms with Crippen molar-refractivity contribution in [2.75, 3.05) is 7.11 Å². The van der Waals surface area contributed by atoms with E-state index in [1.807, 2.05) is 55.5 Å². The van der Waals surface area contributed by atoms with Gasteiger partial charge in [-0.2, -0.15) is 10.4 Å². The van der Waals surface area contributed by atoms with E-state index in [-0.39, 0.29) is 0 Å². The van der Waals surface area contributed by atoms with Crippen LogP contribution in [0.25, 0.3) is 16.9 Å². The molecule has 0 N–H and O–H groups in total. The highest BCUT2D eigenvalue weighted by atomic mass is 16.5. The Morgan fingerprint density at radius 2 is 1.91 bits per heavy atom. The highest BCUT2D eigenvalue weighted by molar-refractivity contribution is 5.70. The summed E-state index contributed by atoms with van der Waals surface area (Å²) in [6, 6.07) is 19.6. The molecule has 4 nitrogen and oxygen atoms in total. The van der Waals surface area contributed by atoms with Crippen LogP contribution in [0, 0.1) is 18.3 Å². The lowest BCUT2D eigenvalue weighted by atomic mass is 10.1. The summed E-state index contributed by atoms with van der Waals surface area (Å²) < 4.78 is 7.21. The van der Waals surface area contributed by atoms with Gasteiger partial charge in [0.05, 0.1) is 18.5 Å². The lowest BCUT2D eigenvalue weighted by Crippen LogP contribution is -2.00. The van der Waals surface area contributed by atoms with Gasteiger partial charge in [0.15, 0.2) is 5.69 Å². The molecular weight excluding hydrogens is 274 g/mol. The number of nitriles is 1. The molecule has 0 saturated carbocycles. The zero-order chi connectivity index (χ0) is 15.5. The van der Waals surface area contributed by atoms with Crippen LogP contribution in [0.2, 0.25) is 0 Å². The molecule has 0 aliphatic rings. The van der Waals surface area contributed by atoms with E-state index in [0.29, 0.717) is 5.69 Å². The topological polar surface area (TPSA) is 50.8 Å². The van der Waals surface area contributed by atoms with Crippen molar-refractivity contribution < 1.29 is 4.74 Å². The Balaban J connectivity index is 2.24. The molecule has 0 amide bonds. The monoisotopic (exact) mass is 289 g/mol. The van der Waals surface area contributed by atoms with Crippen molar-refractivity contribution >= 4 is 0 Å². The fourth-order valence-electron chi connectivity index (χ4n) is 2.44. The summed E-state index contributed by atoms with van der Waals surface area (Å²) in [7, 11) is 1.64. The molecule has 0 radical (unpaired) electrons. The summed E-state index contributed by atoms with van der Waals surface area (Å²) in [5.74, 6) is 0.751. The standard InChI is InChI=1S/C18H15N3O/c1-13-6-5-7-15(10-13)21-17(11-14(12-19)20-21)16-8-3-4-9-18(16)22-2/h3-11H,1-2H3. The van der Waals surface area contributed by atoms with E-state index in [2.05, 4.69) is 11.2 Å². The third-order valence-electron chi connectivity index (χ3n) is 3.45. The van der Waals surface area contributed by atoms with Crippen LogP contribution in [0.4, 0.5) is 0 Å². The average Bonchev–Trinajstić information content (AvgIpc) is 2.99. The first kappa shape index (κ1) is 13.9. The van der Waals surface area contributed by atoms with Crippen molar-refractivity contribution in [3.05, 3.63) is 65.9 Å². The summed E-state index contributed by atoms with van der Waals surface area (Å²) >= 11 is 0. The zero-order valence-electron chi connectivity index (χ0n) is 12.4. The summed E-state index contributed by atoms with van der Waals surface area (Å²) in [5, 5.41) is 13.6. The van der Waals surface area contributed by atoms with Gasteiger partial charge >= 0.3 is 0 Å². The molecule has 0 saturated heterocycles. The molecule has 0 aliphatic heterocycles. The van der Waals surface area contributed by atoms with Crippen molar-refractivity contribution in [3.8, 4) is 28.8 Å². The largest absolute Gasteiger partial charge is 0.496 e. The van der Waals surface area contributed by atoms with Crippen molar-refractivity contribution in [3.63, 3.8) is 0 Å². The maximum absolute atomic E-state index is 9.19. The second kappa shape index (κ2) is 5.74. The minimum Gasteiger partial charge on any atom is -0.496 e. The van der Waals surface area contributed by atoms with E-state index in [1.165, 1.54) is 0 Å². The highest BCUT2D eigenvalue weighted by Crippen LogP contribution is 2.31. The molecule has 0 aliphatic carbocycles. The third-order valence-corrected chi connectivity index (χ3v) is 3.45. The Labute approximate surface area is 129 Å². The van der Waals surface area contributed by atoms with E-state index in [9.17, 15) is 5.26 Å². The molecule has 108 valence electrons. The predicted molar refractivity (Wildman–Crippen MR) is 85.0 cm³/mol. The van der Waals surface area contributed by atoms with Crippen LogP contribution >= 0.6 is 0 Å². The van der Waals surface area contributed by atoms with Crippen molar-refractivity contribution in [2.24, 2.45) is 0 Å². The number of para-hydroxylation sites is 1. The van der Waals surface area contributed by atoms with Gasteiger partial charge in [0, 0.05) is 11.6 Å². The molecule has 0 spiro atoms. The summed E-state index contributed by atoms with van der Waals surface area (Å²) in [6.07, 6.45) is 0. The Kier molecular flexibility index (Phi) is 3.63. The van der Waals surface area contributed by atoms with Gasteiger partial charge in [-0.15, -0.1) is 0 Å². The zero-order valence-corrected chi connectivity index (χ0v) is 12.4. The minimum absolute atomic E-state index is 0.377. The van der Waals surface area contributed by atoms with Crippen LogP contribution in [0.1, 0.15) is 11.3 Å². The summed E-state index contributed by atoms with van der Waals surface area (Å²) in [6.45, 7) is 2.03. The maximum atomic E-state index is 9.19. The van der Waals surface area contributed by atoms with Crippen LogP contribution in [0.15, 0.2) is 54.6 Å². The SMILES string of the molecule is COc1ccccc1-c1cc(C#N)nn1-c1cccc(C)c1. The maximum Gasteiger partial charge on any atom is 0.163 e. The van der Waals surface area contributed by atoms with Crippen LogP contribution in [0.3, 0.4) is 0 Å². The summed E-state index contributed by atoms with van der Waals surface area (Å²) in [4.78, 5) is 0. The number of methoxy groups -OCH3 is 1. The van der Waals surface area contributed by atoms with Gasteiger partial charge < -0.3 is 4.74 Å². The Hall–Kier alpha value is -3.06. The fourth-order valence-corrected chi connectivity index (χ4v) is 2.44. The van der Waals surface area contributed by atoms with E-state index in [0.717, 1.165) is 28.3 Å². The van der Waals surface area contributed by atoms with Gasteiger partial charge in [-0.1, -0.05) is 24.3 Å². The number of ether oxygens (including phenoxy) is 1. The van der Waals surface area contributed by atoms with Gasteiger partial charge in [-0.05, 0) is 36.8 Å². The van der Waals surface area contributed by atoms with E-state index in [1.54, 1.807) is 17.9 Å². The van der Waals surface area contributed by atoms with E-state index >= 15 is 0 Å². The van der Waals surface area contributed by atoms with Crippen LogP contribution in [-0.2, 0) is 0 Å². The lowest BCUT2D eigenvalue weighted by molar-refractivity contribution is 0.416. The second-order valence-corrected chi connectivity index (χ2v) is 4.98. The molecule has 0 atom stereocenters. The molecule has 1 heterocycles. The van der Waals surface area contributed by atoms with Crippen molar-refractivity contribution in [1.82, 2.24) is 9.78 Å². The first-order valence-corrected chi connectivity index (χ1v) is 6.93. The lowest BCUT2D eigenvalue weighted by Gasteiger charge is -2.11. The van der Waals surface area contributed by atoms with Crippen LogP contribution in [0.5, 0.6) is 5.75 Å². The number of benzene rings is 2. The molecule has 0 unspecified atom stereocenters. The Morgan fingerprint density at radius 3 is 2.64 bits per heavy atom. The second-order valence-electron chi connectivity index (χ2n) is 4.98. The molecule has 0 fully saturated rings. The quantitative estimate of drug-likeness (QED) is 0.738. The number of hydrogen-bond donors (Lipinski definition) is 0. The van der Waals surface area contributed by atoms with E-state index in [4.69, 9.17) is 4.74 Å². The number of aryl methyl sites for hydroxylation is 1. The Bertz CT molecular complexity index is 859.